The summed E-state index contributed by atoms with van der Waals surface area (Å²) in [5, 5.41) is 15.5. The van der Waals surface area contributed by atoms with Crippen LogP contribution >= 0.6 is 23.2 Å². The lowest BCUT2D eigenvalue weighted by atomic mass is 10.0. The van der Waals surface area contributed by atoms with Gasteiger partial charge in [-0.1, -0.05) is 47.5 Å². The molecule has 0 bridgehead atoms. The highest BCUT2D eigenvalue weighted by atomic mass is 35.5. The first-order chi connectivity index (χ1) is 13.6. The maximum atomic E-state index is 11.9. The van der Waals surface area contributed by atoms with E-state index in [4.69, 9.17) is 23.2 Å². The van der Waals surface area contributed by atoms with Gasteiger partial charge in [0.25, 0.3) is 0 Å². The molecule has 0 aliphatic carbocycles. The minimum atomic E-state index is -0.479. The van der Waals surface area contributed by atoms with Crippen LogP contribution in [0.5, 0.6) is 0 Å². The van der Waals surface area contributed by atoms with Crippen LogP contribution < -0.4 is 10.2 Å². The van der Waals surface area contributed by atoms with Gasteiger partial charge in [0.05, 0.1) is 20.7 Å². The lowest BCUT2D eigenvalue weighted by Crippen LogP contribution is -2.26. The van der Waals surface area contributed by atoms with Crippen molar-refractivity contribution in [3.63, 3.8) is 0 Å². The summed E-state index contributed by atoms with van der Waals surface area (Å²) in [5.74, 6) is 0.301. The van der Waals surface area contributed by atoms with Gasteiger partial charge in [-0.3, -0.25) is 10.1 Å². The fourth-order valence-electron chi connectivity index (χ4n) is 3.31. The van der Waals surface area contributed by atoms with Crippen molar-refractivity contribution in [2.45, 2.75) is 12.8 Å². The summed E-state index contributed by atoms with van der Waals surface area (Å²) in [6.07, 6.45) is 3.11. The van der Waals surface area contributed by atoms with Gasteiger partial charge in [-0.15, -0.1) is 0 Å². The number of nitrogens with one attached hydrogen (secondary N) is 1. The fraction of sp³-hybridized carbons (Fsp3) is 0.158. The van der Waals surface area contributed by atoms with Crippen LogP contribution in [0.25, 0.3) is 0 Å². The second-order valence-electron chi connectivity index (χ2n) is 6.26. The number of benzene rings is 2. The minimum absolute atomic E-state index is 0.0576. The van der Waals surface area contributed by atoms with E-state index in [0.717, 1.165) is 24.1 Å². The van der Waals surface area contributed by atoms with Crippen molar-refractivity contribution in [1.82, 2.24) is 9.97 Å². The quantitative estimate of drug-likeness (QED) is 0.445. The number of aryl methyl sites for hydroxylation is 1. The second-order valence-corrected chi connectivity index (χ2v) is 7.05. The molecule has 142 valence electrons. The average molecular weight is 416 g/mol. The van der Waals surface area contributed by atoms with E-state index in [9.17, 15) is 10.1 Å². The minimum Gasteiger partial charge on any atom is -0.333 e. The van der Waals surface area contributed by atoms with E-state index in [0.29, 0.717) is 17.3 Å². The van der Waals surface area contributed by atoms with Crippen LogP contribution in [0, 0.1) is 10.1 Å². The number of anilines is 4. The highest BCUT2D eigenvalue weighted by Gasteiger charge is 2.30. The molecule has 28 heavy (non-hydrogen) atoms. The molecule has 0 saturated heterocycles. The lowest BCUT2D eigenvalue weighted by molar-refractivity contribution is -0.383. The van der Waals surface area contributed by atoms with Crippen LogP contribution in [-0.4, -0.2) is 21.4 Å². The molecule has 1 aliphatic rings. The molecule has 0 unspecified atom stereocenters. The summed E-state index contributed by atoms with van der Waals surface area (Å²) in [6.45, 7) is 0.631. The van der Waals surface area contributed by atoms with Crippen molar-refractivity contribution in [3.05, 3.63) is 74.5 Å². The zero-order chi connectivity index (χ0) is 19.7. The van der Waals surface area contributed by atoms with Crippen molar-refractivity contribution < 1.29 is 4.92 Å². The number of hydrogen-bond acceptors (Lipinski definition) is 6. The number of rotatable bonds is 4. The Morgan fingerprint density at radius 2 is 1.93 bits per heavy atom. The Morgan fingerprint density at radius 1 is 1.11 bits per heavy atom. The van der Waals surface area contributed by atoms with E-state index >= 15 is 0 Å². The Labute approximate surface area is 171 Å². The van der Waals surface area contributed by atoms with Crippen LogP contribution in [-0.2, 0) is 6.42 Å². The van der Waals surface area contributed by atoms with E-state index in [2.05, 4.69) is 15.3 Å². The third kappa shape index (κ3) is 3.34. The average Bonchev–Trinajstić information content (AvgIpc) is 2.70. The molecule has 1 aliphatic heterocycles. The first-order valence-electron chi connectivity index (χ1n) is 8.62. The van der Waals surface area contributed by atoms with Crippen molar-refractivity contribution in [3.8, 4) is 0 Å². The van der Waals surface area contributed by atoms with Crippen LogP contribution in [0.4, 0.5) is 28.7 Å². The molecule has 0 spiro atoms. The maximum absolute atomic E-state index is 11.9. The monoisotopic (exact) mass is 415 g/mol. The third-order valence-corrected chi connectivity index (χ3v) is 5.38. The summed E-state index contributed by atoms with van der Waals surface area (Å²) in [6, 6.07) is 12.9. The molecule has 7 nitrogen and oxygen atoms in total. The van der Waals surface area contributed by atoms with Crippen molar-refractivity contribution >= 4 is 51.9 Å². The second kappa shape index (κ2) is 7.61. The number of aromatic nitrogens is 2. The van der Waals surface area contributed by atoms with Gasteiger partial charge in [0.2, 0.25) is 11.6 Å². The summed E-state index contributed by atoms with van der Waals surface area (Å²) < 4.78 is 0. The van der Waals surface area contributed by atoms with Crippen LogP contribution in [0.15, 0.2) is 48.8 Å². The van der Waals surface area contributed by atoms with Gasteiger partial charge < -0.3 is 10.2 Å². The van der Waals surface area contributed by atoms with Crippen LogP contribution in [0.2, 0.25) is 10.0 Å². The fourth-order valence-corrected chi connectivity index (χ4v) is 3.66. The molecular weight excluding hydrogens is 401 g/mol. The van der Waals surface area contributed by atoms with Gasteiger partial charge in [0.15, 0.2) is 0 Å². The van der Waals surface area contributed by atoms with E-state index < -0.39 is 4.92 Å². The maximum Gasteiger partial charge on any atom is 0.354 e. The predicted molar refractivity (Wildman–Crippen MR) is 110 cm³/mol. The summed E-state index contributed by atoms with van der Waals surface area (Å²) >= 11 is 12.3. The highest BCUT2D eigenvalue weighted by Crippen LogP contribution is 2.41. The van der Waals surface area contributed by atoms with E-state index in [1.54, 1.807) is 18.2 Å². The Morgan fingerprint density at radius 3 is 2.75 bits per heavy atom. The number of fused-ring (bicyclic) bond motifs is 1. The first-order valence-corrected chi connectivity index (χ1v) is 9.37. The zero-order valence-corrected chi connectivity index (χ0v) is 16.1. The molecule has 1 N–H and O–H groups in total. The van der Waals surface area contributed by atoms with Crippen molar-refractivity contribution in [1.29, 1.82) is 0 Å². The van der Waals surface area contributed by atoms with Crippen LogP contribution in [0.3, 0.4) is 0 Å². The Kier molecular flexibility index (Phi) is 5.02. The topological polar surface area (TPSA) is 84.2 Å². The Balaban J connectivity index is 1.81. The summed E-state index contributed by atoms with van der Waals surface area (Å²) in [7, 11) is 0. The van der Waals surface area contributed by atoms with Gasteiger partial charge in [0, 0.05) is 12.2 Å². The van der Waals surface area contributed by atoms with E-state index in [1.807, 2.05) is 29.2 Å². The molecule has 9 heteroatoms. The molecule has 0 atom stereocenters. The molecule has 4 rings (SSSR count). The Bertz CT molecular complexity index is 1060. The van der Waals surface area contributed by atoms with Gasteiger partial charge >= 0.3 is 5.69 Å². The van der Waals surface area contributed by atoms with Crippen LogP contribution in [0.1, 0.15) is 12.0 Å². The number of halogens is 2. The summed E-state index contributed by atoms with van der Waals surface area (Å²) in [4.78, 5) is 21.6. The molecule has 0 fully saturated rings. The molecule has 0 radical (unpaired) electrons. The molecular formula is C19H15Cl2N5O2. The first kappa shape index (κ1) is 18.5. The number of nitro groups is 1. The van der Waals surface area contributed by atoms with Gasteiger partial charge in [-0.25, -0.2) is 9.97 Å². The van der Waals surface area contributed by atoms with Gasteiger partial charge in [-0.05, 0) is 36.6 Å². The number of para-hydroxylation sites is 1. The van der Waals surface area contributed by atoms with Crippen molar-refractivity contribution in [2.24, 2.45) is 0 Å². The molecule has 0 saturated carbocycles. The standard InChI is InChI=1S/C19H15Cl2N5O2/c20-13-7-3-8-14(16(13)21)24-18-17(26(27)28)19(23-11-22-18)25-10-4-6-12-5-1-2-9-15(12)25/h1-3,5,7-9,11H,4,6,10H2,(H,22,23,24). The molecule has 2 heterocycles. The van der Waals surface area contributed by atoms with Crippen molar-refractivity contribution in [2.75, 3.05) is 16.8 Å². The van der Waals surface area contributed by atoms with E-state index in [-0.39, 0.29) is 22.3 Å². The molecule has 3 aromatic rings. The normalized spacial score (nSPS) is 13.1. The largest absolute Gasteiger partial charge is 0.354 e. The number of nitrogens with zero attached hydrogens (tertiary/aromatic N) is 4. The third-order valence-electron chi connectivity index (χ3n) is 4.56. The Hall–Kier alpha value is -2.90. The summed E-state index contributed by atoms with van der Waals surface area (Å²) in [5.41, 5.74) is 2.27. The zero-order valence-electron chi connectivity index (χ0n) is 14.6. The SMILES string of the molecule is O=[N+]([O-])c1c(Nc2cccc(Cl)c2Cl)ncnc1N1CCCc2ccccc21. The smallest absolute Gasteiger partial charge is 0.333 e. The van der Waals surface area contributed by atoms with E-state index in [1.165, 1.54) is 6.33 Å². The van der Waals surface area contributed by atoms with Gasteiger partial charge in [0.1, 0.15) is 6.33 Å². The predicted octanol–water partition coefficient (Wildman–Crippen LogP) is 5.52. The molecule has 0 amide bonds. The lowest BCUT2D eigenvalue weighted by Gasteiger charge is -2.30. The van der Waals surface area contributed by atoms with Gasteiger partial charge in [-0.2, -0.15) is 0 Å². The number of hydrogen-bond donors (Lipinski definition) is 1. The molecule has 1 aromatic heterocycles. The molecule has 2 aromatic carbocycles. The highest BCUT2D eigenvalue weighted by molar-refractivity contribution is 6.43.